The van der Waals surface area contributed by atoms with Gasteiger partial charge < -0.3 is 0 Å². The van der Waals surface area contributed by atoms with Crippen molar-refractivity contribution in [1.29, 1.82) is 0 Å². The Morgan fingerprint density at radius 3 is 1.57 bits per heavy atom. The Morgan fingerprint density at radius 2 is 1.57 bits per heavy atom. The molecule has 0 bridgehead atoms. The molecule has 0 spiro atoms. The second kappa shape index (κ2) is 27.6. The van der Waals surface area contributed by atoms with Crippen molar-refractivity contribution in [3.63, 3.8) is 0 Å². The van der Waals surface area contributed by atoms with E-state index >= 15 is 0 Å². The molecular weight excluding hydrogens is 178 g/mol. The average molecular weight is 186 g/mol. The minimum atomic E-state index is 0. The standard InChI is InChI=1S/C2H6O2.2ClH.V/c1-2-4-3;;;/h3H,2H2,1H3;2*1H;. The first-order valence-electron chi connectivity index (χ1n) is 1.18. The van der Waals surface area contributed by atoms with E-state index in [1.54, 1.807) is 6.92 Å². The van der Waals surface area contributed by atoms with Crippen LogP contribution in [0.4, 0.5) is 0 Å². The van der Waals surface area contributed by atoms with Crippen LogP contribution < -0.4 is 0 Å². The van der Waals surface area contributed by atoms with Gasteiger partial charge in [0, 0.05) is 18.6 Å². The van der Waals surface area contributed by atoms with Gasteiger partial charge in [-0.15, -0.1) is 24.8 Å². The maximum atomic E-state index is 7.38. The van der Waals surface area contributed by atoms with Gasteiger partial charge in [0.2, 0.25) is 0 Å². The molecule has 0 aromatic carbocycles. The number of halogens is 2. The zero-order chi connectivity index (χ0) is 3.41. The first-order chi connectivity index (χ1) is 1.91. The molecule has 1 radical (unpaired) electrons. The maximum absolute atomic E-state index is 7.38. The summed E-state index contributed by atoms with van der Waals surface area (Å²) in [5.41, 5.74) is 0. The van der Waals surface area contributed by atoms with Crippen molar-refractivity contribution in [2.24, 2.45) is 0 Å². The van der Waals surface area contributed by atoms with Crippen LogP contribution in [0.3, 0.4) is 0 Å². The molecule has 2 nitrogen and oxygen atoms in total. The summed E-state index contributed by atoms with van der Waals surface area (Å²) in [6.45, 7) is 2.08. The second-order valence-electron chi connectivity index (χ2n) is 0.418. The Labute approximate surface area is 67.3 Å². The zero-order valence-electron chi connectivity index (χ0n) is 3.83. The third kappa shape index (κ3) is 42.2. The third-order valence-corrected chi connectivity index (χ3v) is 0.129. The molecule has 0 rings (SSSR count). The van der Waals surface area contributed by atoms with Crippen LogP contribution in [-0.2, 0) is 23.4 Å². The molecule has 0 aliphatic rings. The summed E-state index contributed by atoms with van der Waals surface area (Å²) in [7, 11) is 0. The van der Waals surface area contributed by atoms with Gasteiger partial charge in [-0.1, -0.05) is 0 Å². The fourth-order valence-electron chi connectivity index (χ4n) is 0. The van der Waals surface area contributed by atoms with Crippen molar-refractivity contribution >= 4 is 24.8 Å². The van der Waals surface area contributed by atoms with Crippen molar-refractivity contribution in [2.45, 2.75) is 6.92 Å². The van der Waals surface area contributed by atoms with Crippen molar-refractivity contribution in [3.8, 4) is 0 Å². The van der Waals surface area contributed by atoms with Gasteiger partial charge in [-0.2, -0.15) is 0 Å². The van der Waals surface area contributed by atoms with Crippen LogP contribution in [0.5, 0.6) is 0 Å². The summed E-state index contributed by atoms with van der Waals surface area (Å²) in [6.07, 6.45) is 0. The smallest absolute Gasteiger partial charge is 0.0791 e. The van der Waals surface area contributed by atoms with Crippen LogP contribution in [0, 0.1) is 0 Å². The molecule has 0 unspecified atom stereocenters. The van der Waals surface area contributed by atoms with Gasteiger partial charge in [0.25, 0.3) is 0 Å². The van der Waals surface area contributed by atoms with E-state index < -0.39 is 0 Å². The molecule has 0 fully saturated rings. The largest absolute Gasteiger partial charge is 0.252 e. The van der Waals surface area contributed by atoms with Gasteiger partial charge in [0.05, 0.1) is 6.61 Å². The van der Waals surface area contributed by atoms with Crippen molar-refractivity contribution in [1.82, 2.24) is 0 Å². The van der Waals surface area contributed by atoms with Gasteiger partial charge >= 0.3 is 0 Å². The monoisotopic (exact) mass is 185 g/mol. The Bertz CT molecular complexity index is 15.7. The van der Waals surface area contributed by atoms with Crippen LogP contribution in [-0.4, -0.2) is 11.9 Å². The normalized spacial score (nSPS) is 4.29. The molecule has 0 amide bonds. The Balaban J connectivity index is -0.0000000150. The topological polar surface area (TPSA) is 29.5 Å². The zero-order valence-corrected chi connectivity index (χ0v) is 6.86. The van der Waals surface area contributed by atoms with Crippen LogP contribution in [0.2, 0.25) is 0 Å². The second-order valence-corrected chi connectivity index (χ2v) is 0.418. The minimum absolute atomic E-state index is 0. The molecule has 5 heteroatoms. The van der Waals surface area contributed by atoms with Gasteiger partial charge in [-0.3, -0.25) is 5.26 Å². The fourth-order valence-corrected chi connectivity index (χ4v) is 0. The molecule has 0 aliphatic heterocycles. The summed E-state index contributed by atoms with van der Waals surface area (Å²) in [5.74, 6) is 0. The van der Waals surface area contributed by atoms with E-state index in [0.717, 1.165) is 0 Å². The van der Waals surface area contributed by atoms with Crippen LogP contribution in [0.1, 0.15) is 6.92 Å². The molecule has 0 aromatic rings. The molecular formula is C2H8Cl2O2V. The predicted octanol–water partition coefficient (Wildman–Crippen LogP) is 1.34. The van der Waals surface area contributed by atoms with Gasteiger partial charge in [-0.05, 0) is 6.92 Å². The van der Waals surface area contributed by atoms with Gasteiger partial charge in [-0.25, -0.2) is 4.89 Å². The summed E-state index contributed by atoms with van der Waals surface area (Å²) < 4.78 is 0. The van der Waals surface area contributed by atoms with Crippen LogP contribution >= 0.6 is 24.8 Å². The first-order valence-corrected chi connectivity index (χ1v) is 1.18. The van der Waals surface area contributed by atoms with Crippen molar-refractivity contribution in [2.75, 3.05) is 6.61 Å². The number of hydrogen-bond acceptors (Lipinski definition) is 2. The van der Waals surface area contributed by atoms with E-state index in [1.807, 2.05) is 0 Å². The molecule has 0 atom stereocenters. The number of hydrogen-bond donors (Lipinski definition) is 1. The average Bonchev–Trinajstić information content (AvgIpc) is 1.37. The van der Waals surface area contributed by atoms with Crippen LogP contribution in [0.15, 0.2) is 0 Å². The Morgan fingerprint density at radius 1 is 1.43 bits per heavy atom. The van der Waals surface area contributed by atoms with Gasteiger partial charge in [0.1, 0.15) is 0 Å². The van der Waals surface area contributed by atoms with E-state index in [9.17, 15) is 0 Å². The van der Waals surface area contributed by atoms with Crippen molar-refractivity contribution in [3.05, 3.63) is 0 Å². The van der Waals surface area contributed by atoms with E-state index in [1.165, 1.54) is 0 Å². The quantitative estimate of drug-likeness (QED) is 0.494. The summed E-state index contributed by atoms with van der Waals surface area (Å²) >= 11 is 0. The summed E-state index contributed by atoms with van der Waals surface area (Å²) in [5, 5.41) is 7.38. The molecule has 0 aliphatic carbocycles. The fraction of sp³-hybridized carbons (Fsp3) is 1.00. The molecule has 7 heavy (non-hydrogen) atoms. The molecule has 0 saturated carbocycles. The van der Waals surface area contributed by atoms with E-state index in [4.69, 9.17) is 5.26 Å². The SMILES string of the molecule is CCOO.Cl.Cl.[V]. The van der Waals surface area contributed by atoms with E-state index in [-0.39, 0.29) is 43.4 Å². The van der Waals surface area contributed by atoms with Gasteiger partial charge in [0.15, 0.2) is 0 Å². The number of rotatable bonds is 1. The van der Waals surface area contributed by atoms with E-state index in [2.05, 4.69) is 4.89 Å². The molecule has 0 heterocycles. The summed E-state index contributed by atoms with van der Waals surface area (Å²) in [4.78, 5) is 3.54. The Hall–Kier alpha value is 1.08. The predicted molar refractivity (Wildman–Crippen MR) is 28.8 cm³/mol. The molecule has 0 saturated heterocycles. The Kier molecular flexibility index (Phi) is 95.8. The molecule has 0 aromatic heterocycles. The maximum Gasteiger partial charge on any atom is 0.0791 e. The first kappa shape index (κ1) is 24.3. The van der Waals surface area contributed by atoms with Crippen molar-refractivity contribution < 1.29 is 28.7 Å². The third-order valence-electron chi connectivity index (χ3n) is 0.129. The van der Waals surface area contributed by atoms with Crippen LogP contribution in [0.25, 0.3) is 0 Å². The summed E-state index contributed by atoms with van der Waals surface area (Å²) in [6, 6.07) is 0. The molecule has 1 N–H and O–H groups in total. The van der Waals surface area contributed by atoms with E-state index in [0.29, 0.717) is 6.61 Å². The minimum Gasteiger partial charge on any atom is -0.252 e. The molecule has 47 valence electrons.